The SMILES string of the molecule is CCN1N=C(C)C(=CC=Cc2c(C)[nH]n(CC)c2=O)C1=O.CCN1N=C(C)C(=CC=Cc2c(C)[nH]n(CC)c2=O)C1=O. The zero-order valence-electron chi connectivity index (χ0n) is 25.6. The summed E-state index contributed by atoms with van der Waals surface area (Å²) in [5.74, 6) is -0.201. The lowest BCUT2D eigenvalue weighted by Gasteiger charge is -2.06. The zero-order chi connectivity index (χ0) is 31.1. The molecular formula is C30H40N8O4. The van der Waals surface area contributed by atoms with Gasteiger partial charge in [-0.15, -0.1) is 0 Å². The van der Waals surface area contributed by atoms with Crippen LogP contribution in [-0.2, 0) is 22.7 Å². The number of hydrogen-bond donors (Lipinski definition) is 2. The normalized spacial score (nSPS) is 17.3. The maximum atomic E-state index is 12.0. The molecule has 4 heterocycles. The molecule has 2 aromatic rings. The molecule has 4 rings (SSSR count). The summed E-state index contributed by atoms with van der Waals surface area (Å²) in [4.78, 5) is 48.1. The molecule has 0 bridgehead atoms. The molecule has 12 nitrogen and oxygen atoms in total. The van der Waals surface area contributed by atoms with Gasteiger partial charge in [-0.05, 0) is 79.7 Å². The Hall–Kier alpha value is -4.74. The Morgan fingerprint density at radius 1 is 0.595 bits per heavy atom. The van der Waals surface area contributed by atoms with Gasteiger partial charge in [0.05, 0.1) is 33.7 Å². The van der Waals surface area contributed by atoms with Crippen molar-refractivity contribution in [1.29, 1.82) is 0 Å². The minimum atomic E-state index is -0.101. The van der Waals surface area contributed by atoms with E-state index in [1.54, 1.807) is 59.7 Å². The molecule has 0 atom stereocenters. The van der Waals surface area contributed by atoms with Gasteiger partial charge in [0.25, 0.3) is 22.9 Å². The number of hydrogen-bond acceptors (Lipinski definition) is 6. The minimum Gasteiger partial charge on any atom is -0.299 e. The van der Waals surface area contributed by atoms with Gasteiger partial charge in [-0.25, -0.2) is 10.0 Å². The van der Waals surface area contributed by atoms with Gasteiger partial charge in [-0.3, -0.25) is 38.7 Å². The van der Waals surface area contributed by atoms with Crippen LogP contribution in [0.2, 0.25) is 0 Å². The maximum absolute atomic E-state index is 12.0. The van der Waals surface area contributed by atoms with E-state index in [9.17, 15) is 19.2 Å². The number of nitrogens with one attached hydrogen (secondary N) is 2. The molecule has 2 aliphatic heterocycles. The quantitative estimate of drug-likeness (QED) is 0.465. The maximum Gasteiger partial charge on any atom is 0.275 e. The number of carbonyl (C=O) groups is 2. The van der Waals surface area contributed by atoms with Crippen LogP contribution in [0.5, 0.6) is 0 Å². The Morgan fingerprint density at radius 2 is 0.952 bits per heavy atom. The number of aryl methyl sites for hydroxylation is 4. The highest BCUT2D eigenvalue weighted by atomic mass is 16.2. The Kier molecular flexibility index (Phi) is 10.4. The van der Waals surface area contributed by atoms with Crippen LogP contribution in [0.25, 0.3) is 12.2 Å². The van der Waals surface area contributed by atoms with E-state index in [1.165, 1.54) is 10.0 Å². The lowest BCUT2D eigenvalue weighted by molar-refractivity contribution is -0.126. The highest BCUT2D eigenvalue weighted by molar-refractivity contribution is 6.24. The van der Waals surface area contributed by atoms with E-state index in [0.29, 0.717) is 59.9 Å². The van der Waals surface area contributed by atoms with Gasteiger partial charge in [0.15, 0.2) is 0 Å². The van der Waals surface area contributed by atoms with Crippen molar-refractivity contribution in [3.05, 3.63) is 78.7 Å². The van der Waals surface area contributed by atoms with Crippen molar-refractivity contribution in [2.24, 2.45) is 10.2 Å². The fraction of sp³-hybridized carbons (Fsp3) is 0.400. The number of aromatic nitrogens is 4. The molecule has 0 saturated heterocycles. The van der Waals surface area contributed by atoms with E-state index >= 15 is 0 Å². The Balaban J connectivity index is 0.000000230. The van der Waals surface area contributed by atoms with Gasteiger partial charge in [0.1, 0.15) is 0 Å². The van der Waals surface area contributed by atoms with Gasteiger partial charge in [0, 0.05) is 37.6 Å². The third kappa shape index (κ3) is 6.59. The molecule has 0 aliphatic carbocycles. The first kappa shape index (κ1) is 31.8. The lowest BCUT2D eigenvalue weighted by atomic mass is 10.1. The van der Waals surface area contributed by atoms with Crippen LogP contribution in [-0.4, -0.2) is 65.9 Å². The van der Waals surface area contributed by atoms with Gasteiger partial charge >= 0.3 is 0 Å². The molecule has 0 spiro atoms. The molecule has 0 saturated carbocycles. The summed E-state index contributed by atoms with van der Waals surface area (Å²) in [7, 11) is 0. The fourth-order valence-corrected chi connectivity index (χ4v) is 4.52. The van der Waals surface area contributed by atoms with Crippen LogP contribution in [0, 0.1) is 13.8 Å². The van der Waals surface area contributed by atoms with Crippen LogP contribution >= 0.6 is 0 Å². The molecule has 2 N–H and O–H groups in total. The highest BCUT2D eigenvalue weighted by Gasteiger charge is 2.26. The first-order valence-electron chi connectivity index (χ1n) is 14.1. The number of hydrazone groups is 2. The van der Waals surface area contributed by atoms with Crippen molar-refractivity contribution in [3.63, 3.8) is 0 Å². The van der Waals surface area contributed by atoms with Gasteiger partial charge in [-0.2, -0.15) is 10.2 Å². The standard InChI is InChI=1S/2C15H20N4O2/c2*1-5-18-14(20)12(10(3)16-18)8-7-9-13-11(4)17-19(6-2)15(13)21/h2*7-9,16H,5-6H2,1-4H3. The second-order valence-electron chi connectivity index (χ2n) is 9.69. The van der Waals surface area contributed by atoms with Crippen molar-refractivity contribution in [2.75, 3.05) is 13.1 Å². The number of carbonyl (C=O) groups excluding carboxylic acids is 2. The predicted octanol–water partition coefficient (Wildman–Crippen LogP) is 3.36. The number of rotatable bonds is 8. The first-order valence-corrected chi connectivity index (χ1v) is 14.1. The zero-order valence-corrected chi connectivity index (χ0v) is 25.6. The summed E-state index contributed by atoms with van der Waals surface area (Å²) < 4.78 is 3.10. The Morgan fingerprint density at radius 3 is 1.21 bits per heavy atom. The highest BCUT2D eigenvalue weighted by Crippen LogP contribution is 2.16. The summed E-state index contributed by atoms with van der Waals surface area (Å²) in [5, 5.41) is 17.2. The first-order chi connectivity index (χ1) is 20.0. The third-order valence-electron chi connectivity index (χ3n) is 6.90. The predicted molar refractivity (Wildman–Crippen MR) is 166 cm³/mol. The van der Waals surface area contributed by atoms with Crippen molar-refractivity contribution < 1.29 is 9.59 Å². The average molecular weight is 577 g/mol. The molecule has 2 aromatic heterocycles. The smallest absolute Gasteiger partial charge is 0.275 e. The lowest BCUT2D eigenvalue weighted by Crippen LogP contribution is -2.21. The molecule has 0 unspecified atom stereocenters. The van der Waals surface area contributed by atoms with Crippen molar-refractivity contribution in [2.45, 2.75) is 68.5 Å². The molecule has 0 fully saturated rings. The Labute approximate surface area is 245 Å². The fourth-order valence-electron chi connectivity index (χ4n) is 4.52. The van der Waals surface area contributed by atoms with E-state index in [-0.39, 0.29) is 22.9 Å². The molecular weight excluding hydrogens is 536 g/mol. The molecule has 2 amide bonds. The van der Waals surface area contributed by atoms with Gasteiger partial charge < -0.3 is 0 Å². The van der Waals surface area contributed by atoms with E-state index in [1.807, 2.05) is 41.5 Å². The second-order valence-corrected chi connectivity index (χ2v) is 9.69. The molecule has 0 aromatic carbocycles. The molecule has 0 radical (unpaired) electrons. The van der Waals surface area contributed by atoms with Crippen LogP contribution < -0.4 is 11.1 Å². The number of aromatic amines is 2. The molecule has 12 heteroatoms. The molecule has 42 heavy (non-hydrogen) atoms. The van der Waals surface area contributed by atoms with Crippen molar-refractivity contribution >= 4 is 35.4 Å². The monoisotopic (exact) mass is 576 g/mol. The number of amides is 2. The number of nitrogens with zero attached hydrogens (tertiary/aromatic N) is 6. The summed E-state index contributed by atoms with van der Waals surface area (Å²) >= 11 is 0. The van der Waals surface area contributed by atoms with Crippen LogP contribution in [0.15, 0.2) is 55.2 Å². The average Bonchev–Trinajstić information content (AvgIpc) is 3.61. The topological polar surface area (TPSA) is 141 Å². The third-order valence-corrected chi connectivity index (χ3v) is 6.90. The largest absolute Gasteiger partial charge is 0.299 e. The van der Waals surface area contributed by atoms with Crippen molar-refractivity contribution in [3.8, 4) is 0 Å². The van der Waals surface area contributed by atoms with Crippen LogP contribution in [0.4, 0.5) is 0 Å². The summed E-state index contributed by atoms with van der Waals surface area (Å²) in [6, 6.07) is 0. The Bertz CT molecular complexity index is 1530. The van der Waals surface area contributed by atoms with Crippen LogP contribution in [0.3, 0.4) is 0 Å². The summed E-state index contributed by atoms with van der Waals surface area (Å²) in [6.07, 6.45) is 10.3. The van der Waals surface area contributed by atoms with Crippen molar-refractivity contribution in [1.82, 2.24) is 29.6 Å². The minimum absolute atomic E-state index is 0.0528. The number of allylic oxidation sites excluding steroid dienone is 4. The van der Waals surface area contributed by atoms with E-state index in [4.69, 9.17) is 0 Å². The second kappa shape index (κ2) is 13.7. The molecule has 2 aliphatic rings. The van der Waals surface area contributed by atoms with E-state index in [2.05, 4.69) is 20.4 Å². The van der Waals surface area contributed by atoms with Crippen LogP contribution in [0.1, 0.15) is 64.1 Å². The number of likely N-dealkylation sites (N-methyl/N-ethyl adjacent to an activating group) is 2. The van der Waals surface area contributed by atoms with E-state index < -0.39 is 0 Å². The van der Waals surface area contributed by atoms with Gasteiger partial charge in [0.2, 0.25) is 0 Å². The number of H-pyrrole nitrogens is 2. The van der Waals surface area contributed by atoms with E-state index in [0.717, 1.165) is 11.4 Å². The van der Waals surface area contributed by atoms with Gasteiger partial charge in [-0.1, -0.05) is 12.2 Å². The summed E-state index contributed by atoms with van der Waals surface area (Å²) in [5.41, 5.74) is 5.28. The molecule has 224 valence electrons. The summed E-state index contributed by atoms with van der Waals surface area (Å²) in [6.45, 7) is 17.2.